The predicted octanol–water partition coefficient (Wildman–Crippen LogP) is 2.44. The highest BCUT2D eigenvalue weighted by Crippen LogP contribution is 2.71. The monoisotopic (exact) mass is 305 g/mol. The first-order chi connectivity index (χ1) is 9.55. The summed E-state index contributed by atoms with van der Waals surface area (Å²) in [5.74, 6) is -5.29. The van der Waals surface area contributed by atoms with Gasteiger partial charge in [-0.1, -0.05) is 0 Å². The lowest BCUT2D eigenvalue weighted by atomic mass is 9.90. The quantitative estimate of drug-likeness (QED) is 0.698. The minimum atomic E-state index is -3.04. The SMILES string of the molecule is COC(=O)C1C(F)(F)C12CCN(C(=O)OC(C)(C)C)CC2. The molecule has 0 radical (unpaired) electrons. The molecule has 1 atom stereocenters. The minimum absolute atomic E-state index is 0.0824. The highest BCUT2D eigenvalue weighted by Gasteiger charge is 2.83. The van der Waals surface area contributed by atoms with Crippen molar-refractivity contribution in [1.29, 1.82) is 0 Å². The van der Waals surface area contributed by atoms with Gasteiger partial charge in [-0.2, -0.15) is 0 Å². The molecule has 2 rings (SSSR count). The Hall–Kier alpha value is -1.40. The number of nitrogens with zero attached hydrogens (tertiary/aromatic N) is 1. The molecule has 1 saturated carbocycles. The molecule has 5 nitrogen and oxygen atoms in total. The van der Waals surface area contributed by atoms with Crippen LogP contribution in [0.4, 0.5) is 13.6 Å². The highest BCUT2D eigenvalue weighted by atomic mass is 19.3. The Kier molecular flexibility index (Phi) is 3.66. The van der Waals surface area contributed by atoms with Gasteiger partial charge in [0.2, 0.25) is 0 Å². The predicted molar refractivity (Wildman–Crippen MR) is 69.9 cm³/mol. The molecule has 1 spiro atoms. The van der Waals surface area contributed by atoms with Gasteiger partial charge in [-0.25, -0.2) is 13.6 Å². The van der Waals surface area contributed by atoms with Crippen LogP contribution < -0.4 is 0 Å². The number of hydrogen-bond donors (Lipinski definition) is 0. The second-order valence-electron chi connectivity index (χ2n) is 6.70. The van der Waals surface area contributed by atoms with Crippen molar-refractivity contribution in [3.8, 4) is 0 Å². The zero-order valence-electron chi connectivity index (χ0n) is 12.7. The van der Waals surface area contributed by atoms with Gasteiger partial charge in [0.15, 0.2) is 0 Å². The van der Waals surface area contributed by atoms with Gasteiger partial charge in [0, 0.05) is 13.1 Å². The van der Waals surface area contributed by atoms with E-state index in [1.165, 1.54) is 4.90 Å². The smallest absolute Gasteiger partial charge is 0.410 e. The molecule has 1 unspecified atom stereocenters. The molecule has 0 N–H and O–H groups in total. The molecule has 0 bridgehead atoms. The molecule has 21 heavy (non-hydrogen) atoms. The third kappa shape index (κ3) is 2.58. The molecule has 1 saturated heterocycles. The Labute approximate surface area is 122 Å². The van der Waals surface area contributed by atoms with Gasteiger partial charge < -0.3 is 14.4 Å². The Morgan fingerprint density at radius 1 is 1.19 bits per heavy atom. The van der Waals surface area contributed by atoms with E-state index in [9.17, 15) is 18.4 Å². The summed E-state index contributed by atoms with van der Waals surface area (Å²) in [6, 6.07) is 0. The maximum absolute atomic E-state index is 13.9. The molecular weight excluding hydrogens is 284 g/mol. The number of ether oxygens (including phenoxy) is 2. The number of carbonyl (C=O) groups excluding carboxylic acids is 2. The van der Waals surface area contributed by atoms with Gasteiger partial charge in [-0.3, -0.25) is 4.79 Å². The molecular formula is C14H21F2NO4. The average Bonchev–Trinajstić information content (AvgIpc) is 2.82. The number of hydrogen-bond acceptors (Lipinski definition) is 4. The van der Waals surface area contributed by atoms with E-state index in [1.54, 1.807) is 20.8 Å². The molecule has 2 aliphatic rings. The lowest BCUT2D eigenvalue weighted by Crippen LogP contribution is -2.43. The number of likely N-dealkylation sites (tertiary alicyclic amines) is 1. The molecule has 120 valence electrons. The van der Waals surface area contributed by atoms with Crippen LogP contribution in [-0.4, -0.2) is 48.7 Å². The average molecular weight is 305 g/mol. The molecule has 1 heterocycles. The number of esters is 1. The number of rotatable bonds is 1. The maximum atomic E-state index is 13.9. The van der Waals surface area contributed by atoms with Crippen LogP contribution in [-0.2, 0) is 14.3 Å². The number of alkyl halides is 2. The molecule has 0 aromatic heterocycles. The zero-order valence-corrected chi connectivity index (χ0v) is 12.7. The summed E-state index contributed by atoms with van der Waals surface area (Å²) in [7, 11) is 1.11. The van der Waals surface area contributed by atoms with Crippen molar-refractivity contribution < 1.29 is 27.8 Å². The van der Waals surface area contributed by atoms with E-state index < -0.39 is 34.9 Å². The second-order valence-corrected chi connectivity index (χ2v) is 6.70. The molecule has 0 aromatic rings. The molecule has 7 heteroatoms. The van der Waals surface area contributed by atoms with E-state index >= 15 is 0 Å². The maximum Gasteiger partial charge on any atom is 0.410 e. The lowest BCUT2D eigenvalue weighted by molar-refractivity contribution is -0.144. The first-order valence-electron chi connectivity index (χ1n) is 6.99. The molecule has 1 amide bonds. The number of methoxy groups -OCH3 is 1. The van der Waals surface area contributed by atoms with Gasteiger partial charge in [0.05, 0.1) is 12.5 Å². The Balaban J connectivity index is 1.98. The van der Waals surface area contributed by atoms with Crippen molar-refractivity contribution in [2.24, 2.45) is 11.3 Å². The Bertz CT molecular complexity index is 450. The van der Waals surface area contributed by atoms with Crippen LogP contribution in [0.3, 0.4) is 0 Å². The third-order valence-corrected chi connectivity index (χ3v) is 4.24. The highest BCUT2D eigenvalue weighted by molar-refractivity contribution is 5.79. The number of halogens is 2. The van der Waals surface area contributed by atoms with Crippen molar-refractivity contribution in [1.82, 2.24) is 4.90 Å². The van der Waals surface area contributed by atoms with Gasteiger partial charge in [-0.15, -0.1) is 0 Å². The Morgan fingerprint density at radius 3 is 2.14 bits per heavy atom. The van der Waals surface area contributed by atoms with Crippen LogP contribution in [0.5, 0.6) is 0 Å². The fourth-order valence-corrected chi connectivity index (χ4v) is 3.04. The van der Waals surface area contributed by atoms with E-state index in [4.69, 9.17) is 4.74 Å². The Morgan fingerprint density at radius 2 is 1.71 bits per heavy atom. The minimum Gasteiger partial charge on any atom is -0.469 e. The summed E-state index contributed by atoms with van der Waals surface area (Å²) >= 11 is 0. The number of amides is 1. The summed E-state index contributed by atoms with van der Waals surface area (Å²) in [5.41, 5.74) is -1.97. The van der Waals surface area contributed by atoms with E-state index in [-0.39, 0.29) is 25.9 Å². The molecule has 1 aliphatic heterocycles. The van der Waals surface area contributed by atoms with Crippen molar-refractivity contribution in [2.45, 2.75) is 45.1 Å². The van der Waals surface area contributed by atoms with Crippen LogP contribution in [0.1, 0.15) is 33.6 Å². The molecule has 0 aromatic carbocycles. The van der Waals surface area contributed by atoms with E-state index in [2.05, 4.69) is 4.74 Å². The lowest BCUT2D eigenvalue weighted by Gasteiger charge is -2.33. The normalized spacial score (nSPS) is 26.4. The number of piperidine rings is 1. The third-order valence-electron chi connectivity index (χ3n) is 4.24. The molecule has 2 fully saturated rings. The summed E-state index contributed by atoms with van der Waals surface area (Å²) in [5, 5.41) is 0. The second kappa shape index (κ2) is 4.81. The van der Waals surface area contributed by atoms with Crippen molar-refractivity contribution in [3.63, 3.8) is 0 Å². The van der Waals surface area contributed by atoms with E-state index in [0.29, 0.717) is 0 Å². The molecule has 1 aliphatic carbocycles. The van der Waals surface area contributed by atoms with Crippen LogP contribution in [0, 0.1) is 11.3 Å². The largest absolute Gasteiger partial charge is 0.469 e. The standard InChI is InChI=1S/C14H21F2NO4/c1-12(2,3)21-11(19)17-7-5-13(6-8-17)9(10(18)20-4)14(13,15)16/h9H,5-8H2,1-4H3. The first kappa shape index (κ1) is 16.0. The van der Waals surface area contributed by atoms with Gasteiger partial charge >= 0.3 is 12.1 Å². The summed E-state index contributed by atoms with van der Waals surface area (Å²) in [6.07, 6.45) is -0.339. The van der Waals surface area contributed by atoms with Crippen molar-refractivity contribution >= 4 is 12.1 Å². The first-order valence-corrected chi connectivity index (χ1v) is 6.99. The van der Waals surface area contributed by atoms with Crippen LogP contribution in [0.25, 0.3) is 0 Å². The summed E-state index contributed by atoms with van der Waals surface area (Å²) < 4.78 is 37.6. The van der Waals surface area contributed by atoms with Crippen LogP contribution in [0.15, 0.2) is 0 Å². The van der Waals surface area contributed by atoms with Gasteiger partial charge in [0.25, 0.3) is 5.92 Å². The van der Waals surface area contributed by atoms with Gasteiger partial charge in [0.1, 0.15) is 11.5 Å². The van der Waals surface area contributed by atoms with E-state index in [1.807, 2.05) is 0 Å². The van der Waals surface area contributed by atoms with Crippen molar-refractivity contribution in [2.75, 3.05) is 20.2 Å². The van der Waals surface area contributed by atoms with Crippen molar-refractivity contribution in [3.05, 3.63) is 0 Å². The zero-order chi connectivity index (χ0) is 16.1. The fraction of sp³-hybridized carbons (Fsp3) is 0.857. The fourth-order valence-electron chi connectivity index (χ4n) is 3.04. The van der Waals surface area contributed by atoms with Crippen LogP contribution in [0.2, 0.25) is 0 Å². The summed E-state index contributed by atoms with van der Waals surface area (Å²) in [4.78, 5) is 24.8. The van der Waals surface area contributed by atoms with Gasteiger partial charge in [-0.05, 0) is 33.6 Å². The van der Waals surface area contributed by atoms with E-state index in [0.717, 1.165) is 7.11 Å². The summed E-state index contributed by atoms with van der Waals surface area (Å²) in [6.45, 7) is 5.58. The topological polar surface area (TPSA) is 55.8 Å². The number of carbonyl (C=O) groups is 2. The van der Waals surface area contributed by atoms with Crippen LogP contribution >= 0.6 is 0 Å².